The van der Waals surface area contributed by atoms with Crippen molar-refractivity contribution in [3.05, 3.63) is 28.8 Å². The smallest absolute Gasteiger partial charge is 0.340 e. The molecular weight excluding hydrogens is 294 g/mol. The topological polar surface area (TPSA) is 64.6 Å². The minimum Gasteiger partial charge on any atom is -0.465 e. The molecule has 1 aromatic rings. The zero-order chi connectivity index (χ0) is 15.2. The molecule has 6 heteroatoms. The van der Waals surface area contributed by atoms with Gasteiger partial charge in [0.2, 0.25) is 5.91 Å². The first-order chi connectivity index (χ1) is 10.1. The van der Waals surface area contributed by atoms with Gasteiger partial charge < -0.3 is 14.8 Å². The van der Waals surface area contributed by atoms with Crippen molar-refractivity contribution in [3.63, 3.8) is 0 Å². The second kappa shape index (κ2) is 7.43. The fraction of sp³-hybridized carbons (Fsp3) is 0.467. The number of carbonyl (C=O) groups excluding carboxylic acids is 2. The summed E-state index contributed by atoms with van der Waals surface area (Å²) >= 11 is 5.86. The van der Waals surface area contributed by atoms with Gasteiger partial charge in [-0.2, -0.15) is 0 Å². The molecule has 114 valence electrons. The van der Waals surface area contributed by atoms with Crippen LogP contribution in [0.3, 0.4) is 0 Å². The maximum atomic E-state index is 12.0. The highest BCUT2D eigenvalue weighted by Crippen LogP contribution is 2.22. The molecule has 1 heterocycles. The molecule has 2 rings (SSSR count). The number of hydrogen-bond donors (Lipinski definition) is 1. The van der Waals surface area contributed by atoms with E-state index < -0.39 is 5.97 Å². The number of halogens is 1. The van der Waals surface area contributed by atoms with Gasteiger partial charge in [-0.3, -0.25) is 4.79 Å². The van der Waals surface area contributed by atoms with E-state index in [4.69, 9.17) is 16.3 Å². The lowest BCUT2D eigenvalue weighted by Gasteiger charge is -2.12. The van der Waals surface area contributed by atoms with Crippen molar-refractivity contribution in [2.45, 2.75) is 31.8 Å². The predicted molar refractivity (Wildman–Crippen MR) is 79.6 cm³/mol. The minimum absolute atomic E-state index is 0.155. The second-order valence-corrected chi connectivity index (χ2v) is 5.34. The number of ether oxygens (including phenoxy) is 2. The van der Waals surface area contributed by atoms with Crippen molar-refractivity contribution in [1.82, 2.24) is 0 Å². The number of carbonyl (C=O) groups is 2. The first-order valence-corrected chi connectivity index (χ1v) is 7.27. The summed E-state index contributed by atoms with van der Waals surface area (Å²) in [6, 6.07) is 4.69. The molecule has 1 aliphatic heterocycles. The molecule has 0 saturated carbocycles. The fourth-order valence-electron chi connectivity index (χ4n) is 2.28. The Morgan fingerprint density at radius 2 is 2.29 bits per heavy atom. The Labute approximate surface area is 128 Å². The molecule has 5 nitrogen and oxygen atoms in total. The molecule has 1 fully saturated rings. The van der Waals surface area contributed by atoms with Crippen molar-refractivity contribution in [3.8, 4) is 0 Å². The van der Waals surface area contributed by atoms with E-state index >= 15 is 0 Å². The van der Waals surface area contributed by atoms with E-state index in [1.54, 1.807) is 12.1 Å². The largest absolute Gasteiger partial charge is 0.465 e. The molecule has 1 saturated heterocycles. The van der Waals surface area contributed by atoms with Crippen molar-refractivity contribution in [2.75, 3.05) is 19.0 Å². The van der Waals surface area contributed by atoms with E-state index in [9.17, 15) is 9.59 Å². The summed E-state index contributed by atoms with van der Waals surface area (Å²) in [4.78, 5) is 23.6. The lowest BCUT2D eigenvalue weighted by molar-refractivity contribution is -0.116. The lowest BCUT2D eigenvalue weighted by Crippen LogP contribution is -2.17. The van der Waals surface area contributed by atoms with Crippen LogP contribution in [0.5, 0.6) is 0 Å². The first kappa shape index (κ1) is 15.8. The third-order valence-electron chi connectivity index (χ3n) is 3.38. The summed E-state index contributed by atoms with van der Waals surface area (Å²) in [5, 5.41) is 3.13. The number of hydrogen-bond acceptors (Lipinski definition) is 4. The predicted octanol–water partition coefficient (Wildman–Crippen LogP) is 3.02. The van der Waals surface area contributed by atoms with Gasteiger partial charge in [0, 0.05) is 18.1 Å². The molecule has 1 amide bonds. The van der Waals surface area contributed by atoms with E-state index in [1.807, 2.05) is 0 Å². The van der Waals surface area contributed by atoms with Crippen LogP contribution < -0.4 is 5.32 Å². The Morgan fingerprint density at radius 1 is 1.48 bits per heavy atom. The summed E-state index contributed by atoms with van der Waals surface area (Å²) in [5.41, 5.74) is 0.652. The van der Waals surface area contributed by atoms with Gasteiger partial charge in [0.15, 0.2) is 0 Å². The van der Waals surface area contributed by atoms with Crippen LogP contribution in [0.1, 0.15) is 36.0 Å². The third kappa shape index (κ3) is 4.44. The highest BCUT2D eigenvalue weighted by molar-refractivity contribution is 6.31. The molecule has 0 aliphatic carbocycles. The molecule has 1 atom stereocenters. The first-order valence-electron chi connectivity index (χ1n) is 6.89. The van der Waals surface area contributed by atoms with Crippen molar-refractivity contribution in [1.29, 1.82) is 0 Å². The van der Waals surface area contributed by atoms with E-state index in [1.165, 1.54) is 13.2 Å². The molecule has 0 spiro atoms. The van der Waals surface area contributed by atoms with Crippen LogP contribution in [0, 0.1) is 0 Å². The Kier molecular flexibility index (Phi) is 5.59. The van der Waals surface area contributed by atoms with E-state index in [2.05, 4.69) is 10.1 Å². The van der Waals surface area contributed by atoms with Gasteiger partial charge >= 0.3 is 5.97 Å². The summed E-state index contributed by atoms with van der Waals surface area (Å²) in [6.45, 7) is 0.774. The third-order valence-corrected chi connectivity index (χ3v) is 3.61. The zero-order valence-corrected chi connectivity index (χ0v) is 12.6. The molecular formula is C15H18ClNO4. The Morgan fingerprint density at radius 3 is 2.95 bits per heavy atom. The van der Waals surface area contributed by atoms with Crippen LogP contribution in [0.25, 0.3) is 0 Å². The van der Waals surface area contributed by atoms with Crippen molar-refractivity contribution in [2.24, 2.45) is 0 Å². The Balaban J connectivity index is 1.97. The second-order valence-electron chi connectivity index (χ2n) is 4.90. The van der Waals surface area contributed by atoms with Crippen LogP contribution in [0.15, 0.2) is 18.2 Å². The number of anilines is 1. The van der Waals surface area contributed by atoms with Gasteiger partial charge in [0.05, 0.1) is 24.5 Å². The molecule has 1 aliphatic rings. The van der Waals surface area contributed by atoms with Gasteiger partial charge in [0.1, 0.15) is 0 Å². The summed E-state index contributed by atoms with van der Waals surface area (Å²) < 4.78 is 10.2. The van der Waals surface area contributed by atoms with E-state index in [-0.39, 0.29) is 17.6 Å². The number of esters is 1. The van der Waals surface area contributed by atoms with Gasteiger partial charge in [-0.15, -0.1) is 0 Å². The number of benzene rings is 1. The number of methoxy groups -OCH3 is 1. The maximum absolute atomic E-state index is 12.0. The Hall–Kier alpha value is -1.59. The zero-order valence-electron chi connectivity index (χ0n) is 11.9. The van der Waals surface area contributed by atoms with Crippen LogP contribution in [0.2, 0.25) is 5.02 Å². The van der Waals surface area contributed by atoms with Gasteiger partial charge in [0.25, 0.3) is 0 Å². The van der Waals surface area contributed by atoms with Gasteiger partial charge in [-0.25, -0.2) is 4.79 Å². The Bertz CT molecular complexity index is 526. The lowest BCUT2D eigenvalue weighted by atomic mass is 10.1. The molecule has 0 bridgehead atoms. The van der Waals surface area contributed by atoms with E-state index in [0.717, 1.165) is 19.4 Å². The number of nitrogens with one attached hydrogen (secondary N) is 1. The van der Waals surface area contributed by atoms with E-state index in [0.29, 0.717) is 23.6 Å². The maximum Gasteiger partial charge on any atom is 0.340 e. The van der Waals surface area contributed by atoms with Crippen LogP contribution in [-0.4, -0.2) is 31.7 Å². The normalized spacial score (nSPS) is 17.5. The monoisotopic (exact) mass is 311 g/mol. The van der Waals surface area contributed by atoms with Crippen LogP contribution in [0.4, 0.5) is 5.69 Å². The average Bonchev–Trinajstić information content (AvgIpc) is 2.99. The molecule has 1 aromatic carbocycles. The standard InChI is InChI=1S/C15H18ClNO4/c1-20-15(19)12-9-10(16)4-6-13(12)17-14(18)7-5-11-3-2-8-21-11/h4,6,9,11H,2-3,5,7-8H2,1H3,(H,17,18). The highest BCUT2D eigenvalue weighted by atomic mass is 35.5. The quantitative estimate of drug-likeness (QED) is 0.849. The van der Waals surface area contributed by atoms with Crippen molar-refractivity contribution < 1.29 is 19.1 Å². The molecule has 0 radical (unpaired) electrons. The summed E-state index contributed by atoms with van der Waals surface area (Å²) in [6.07, 6.45) is 3.26. The van der Waals surface area contributed by atoms with Gasteiger partial charge in [-0.1, -0.05) is 11.6 Å². The fourth-order valence-corrected chi connectivity index (χ4v) is 2.45. The van der Waals surface area contributed by atoms with Gasteiger partial charge in [-0.05, 0) is 37.5 Å². The number of rotatable bonds is 5. The minimum atomic E-state index is -0.535. The SMILES string of the molecule is COC(=O)c1cc(Cl)ccc1NC(=O)CCC1CCCO1. The molecule has 1 N–H and O–H groups in total. The highest BCUT2D eigenvalue weighted by Gasteiger charge is 2.18. The van der Waals surface area contributed by atoms with Crippen LogP contribution >= 0.6 is 11.6 Å². The van der Waals surface area contributed by atoms with Crippen LogP contribution in [-0.2, 0) is 14.3 Å². The van der Waals surface area contributed by atoms with Crippen molar-refractivity contribution >= 4 is 29.2 Å². The molecule has 0 aromatic heterocycles. The molecule has 21 heavy (non-hydrogen) atoms. The number of amides is 1. The summed E-state index contributed by atoms with van der Waals surface area (Å²) in [7, 11) is 1.28. The average molecular weight is 312 g/mol. The summed E-state index contributed by atoms with van der Waals surface area (Å²) in [5.74, 6) is -0.690. The molecule has 1 unspecified atom stereocenters.